The first-order valence-electron chi connectivity index (χ1n) is 8.95. The number of aliphatic hydroxyl groups is 1. The van der Waals surface area contributed by atoms with Gasteiger partial charge in [0, 0.05) is 16.8 Å². The number of anilines is 1. The predicted molar refractivity (Wildman–Crippen MR) is 105 cm³/mol. The number of aliphatic hydroxyl groups excluding tert-OH is 1. The van der Waals surface area contributed by atoms with E-state index in [1.165, 1.54) is 0 Å². The normalized spacial score (nSPS) is 10.6. The Morgan fingerprint density at radius 3 is 2.56 bits per heavy atom. The lowest BCUT2D eigenvalue weighted by Crippen LogP contribution is -2.12. The molecule has 1 aromatic heterocycles. The molecule has 2 aromatic carbocycles. The van der Waals surface area contributed by atoms with Crippen LogP contribution < -0.4 is 10.1 Å². The standard InChI is InChI=1S/C22H23NO4/c1-3-12-26-18-8-6-16(7-9-18)22(25)23-20-13-17(5-4-15(20)2)21-11-10-19(14-24)27-21/h4-11,13,24H,3,12,14H2,1-2H3,(H,23,25). The molecule has 0 radical (unpaired) electrons. The van der Waals surface area contributed by atoms with E-state index in [1.54, 1.807) is 36.4 Å². The highest BCUT2D eigenvalue weighted by Crippen LogP contribution is 2.27. The molecule has 0 unspecified atom stereocenters. The van der Waals surface area contributed by atoms with Crippen LogP contribution in [0.4, 0.5) is 5.69 Å². The average Bonchev–Trinajstić information content (AvgIpc) is 3.17. The van der Waals surface area contributed by atoms with E-state index in [0.717, 1.165) is 23.3 Å². The fourth-order valence-electron chi connectivity index (χ4n) is 2.64. The summed E-state index contributed by atoms with van der Waals surface area (Å²) in [6, 6.07) is 16.3. The number of furan rings is 1. The molecule has 0 spiro atoms. The van der Waals surface area contributed by atoms with Crippen molar-refractivity contribution < 1.29 is 19.1 Å². The van der Waals surface area contributed by atoms with E-state index < -0.39 is 0 Å². The number of rotatable bonds is 7. The number of carbonyl (C=O) groups is 1. The van der Waals surface area contributed by atoms with Gasteiger partial charge in [-0.1, -0.05) is 19.1 Å². The van der Waals surface area contributed by atoms with Gasteiger partial charge >= 0.3 is 0 Å². The highest BCUT2D eigenvalue weighted by atomic mass is 16.5. The summed E-state index contributed by atoms with van der Waals surface area (Å²) in [5.41, 5.74) is 3.05. The van der Waals surface area contributed by atoms with Crippen LogP contribution in [-0.2, 0) is 6.61 Å². The van der Waals surface area contributed by atoms with Crippen molar-refractivity contribution in [3.05, 3.63) is 71.5 Å². The minimum absolute atomic E-state index is 0.145. The zero-order chi connectivity index (χ0) is 19.2. The van der Waals surface area contributed by atoms with Crippen molar-refractivity contribution in [1.82, 2.24) is 0 Å². The maximum Gasteiger partial charge on any atom is 0.255 e. The minimum atomic E-state index is -0.187. The SMILES string of the molecule is CCCOc1ccc(C(=O)Nc2cc(-c3ccc(CO)o3)ccc2C)cc1. The number of hydrogen-bond acceptors (Lipinski definition) is 4. The molecular formula is C22H23NO4. The summed E-state index contributed by atoms with van der Waals surface area (Å²) in [5.74, 6) is 1.71. The molecule has 0 atom stereocenters. The number of nitrogens with one attached hydrogen (secondary N) is 1. The van der Waals surface area contributed by atoms with Crippen molar-refractivity contribution in [3.8, 4) is 17.1 Å². The Balaban J connectivity index is 1.76. The molecule has 3 aromatic rings. The first-order chi connectivity index (χ1) is 13.1. The molecule has 27 heavy (non-hydrogen) atoms. The minimum Gasteiger partial charge on any atom is -0.494 e. The van der Waals surface area contributed by atoms with Crippen molar-refractivity contribution in [1.29, 1.82) is 0 Å². The smallest absolute Gasteiger partial charge is 0.255 e. The lowest BCUT2D eigenvalue weighted by Gasteiger charge is -2.11. The van der Waals surface area contributed by atoms with Crippen molar-refractivity contribution in [3.63, 3.8) is 0 Å². The van der Waals surface area contributed by atoms with E-state index >= 15 is 0 Å². The first kappa shape index (κ1) is 18.7. The first-order valence-corrected chi connectivity index (χ1v) is 8.95. The van der Waals surface area contributed by atoms with Crippen molar-refractivity contribution >= 4 is 11.6 Å². The van der Waals surface area contributed by atoms with Gasteiger partial charge in [-0.05, 0) is 61.4 Å². The van der Waals surface area contributed by atoms with E-state index in [4.69, 9.17) is 14.3 Å². The summed E-state index contributed by atoms with van der Waals surface area (Å²) in [7, 11) is 0. The van der Waals surface area contributed by atoms with E-state index in [-0.39, 0.29) is 12.5 Å². The zero-order valence-corrected chi connectivity index (χ0v) is 15.5. The number of ether oxygens (including phenoxy) is 1. The Morgan fingerprint density at radius 2 is 1.89 bits per heavy atom. The van der Waals surface area contributed by atoms with Crippen LogP contribution in [0.1, 0.15) is 35.0 Å². The van der Waals surface area contributed by atoms with Crippen LogP contribution in [0.25, 0.3) is 11.3 Å². The second-order valence-corrected chi connectivity index (χ2v) is 6.28. The highest BCUT2D eigenvalue weighted by molar-refractivity contribution is 6.05. The van der Waals surface area contributed by atoms with E-state index in [9.17, 15) is 4.79 Å². The predicted octanol–water partition coefficient (Wildman–Crippen LogP) is 4.79. The van der Waals surface area contributed by atoms with Crippen LogP contribution in [0.5, 0.6) is 5.75 Å². The molecule has 0 saturated carbocycles. The molecular weight excluding hydrogens is 342 g/mol. The van der Waals surface area contributed by atoms with E-state index in [1.807, 2.05) is 32.0 Å². The van der Waals surface area contributed by atoms with Crippen LogP contribution in [0, 0.1) is 6.92 Å². The summed E-state index contributed by atoms with van der Waals surface area (Å²) in [4.78, 5) is 12.6. The van der Waals surface area contributed by atoms with Crippen molar-refractivity contribution in [2.75, 3.05) is 11.9 Å². The third-order valence-electron chi connectivity index (χ3n) is 4.18. The molecule has 5 nitrogen and oxygen atoms in total. The Labute approximate surface area is 158 Å². The molecule has 5 heteroatoms. The van der Waals surface area contributed by atoms with Crippen LogP contribution >= 0.6 is 0 Å². The fraction of sp³-hybridized carbons (Fsp3) is 0.227. The molecule has 140 valence electrons. The molecule has 0 saturated heterocycles. The summed E-state index contributed by atoms with van der Waals surface area (Å²) in [6.45, 7) is 4.49. The fourth-order valence-corrected chi connectivity index (χ4v) is 2.64. The van der Waals surface area contributed by atoms with E-state index in [2.05, 4.69) is 5.32 Å². The Morgan fingerprint density at radius 1 is 1.11 bits per heavy atom. The van der Waals surface area contributed by atoms with Gasteiger partial charge in [-0.25, -0.2) is 0 Å². The monoisotopic (exact) mass is 365 g/mol. The largest absolute Gasteiger partial charge is 0.494 e. The van der Waals surface area contributed by atoms with Gasteiger partial charge < -0.3 is 19.6 Å². The third kappa shape index (κ3) is 4.57. The molecule has 0 aliphatic heterocycles. The number of benzene rings is 2. The van der Waals surface area contributed by atoms with Crippen LogP contribution in [0.2, 0.25) is 0 Å². The van der Waals surface area contributed by atoms with Crippen LogP contribution in [-0.4, -0.2) is 17.6 Å². The summed E-state index contributed by atoms with van der Waals surface area (Å²) >= 11 is 0. The summed E-state index contributed by atoms with van der Waals surface area (Å²) in [5, 5.41) is 12.1. The van der Waals surface area contributed by atoms with Crippen molar-refractivity contribution in [2.45, 2.75) is 26.9 Å². The number of aryl methyl sites for hydroxylation is 1. The number of hydrogen-bond donors (Lipinski definition) is 2. The third-order valence-corrected chi connectivity index (χ3v) is 4.18. The van der Waals surface area contributed by atoms with Gasteiger partial charge in [-0.2, -0.15) is 0 Å². The lowest BCUT2D eigenvalue weighted by atomic mass is 10.1. The number of carbonyl (C=O) groups excluding carboxylic acids is 1. The van der Waals surface area contributed by atoms with Crippen LogP contribution in [0.15, 0.2) is 59.0 Å². The average molecular weight is 365 g/mol. The van der Waals surface area contributed by atoms with Gasteiger partial charge in [0.1, 0.15) is 23.9 Å². The van der Waals surface area contributed by atoms with Gasteiger partial charge in [0.2, 0.25) is 0 Å². The molecule has 0 fully saturated rings. The maximum atomic E-state index is 12.6. The second kappa shape index (κ2) is 8.56. The molecule has 0 aliphatic carbocycles. The Hall–Kier alpha value is -3.05. The molecule has 1 heterocycles. The molecule has 0 bridgehead atoms. The highest BCUT2D eigenvalue weighted by Gasteiger charge is 2.11. The molecule has 2 N–H and O–H groups in total. The van der Waals surface area contributed by atoms with E-state index in [0.29, 0.717) is 29.4 Å². The van der Waals surface area contributed by atoms with Gasteiger partial charge in [0.15, 0.2) is 0 Å². The second-order valence-electron chi connectivity index (χ2n) is 6.28. The Kier molecular flexibility index (Phi) is 5.94. The molecule has 0 aliphatic rings. The molecule has 3 rings (SSSR count). The topological polar surface area (TPSA) is 71.7 Å². The van der Waals surface area contributed by atoms with Gasteiger partial charge in [-0.15, -0.1) is 0 Å². The maximum absolute atomic E-state index is 12.6. The van der Waals surface area contributed by atoms with Gasteiger partial charge in [0.05, 0.1) is 6.61 Å². The lowest BCUT2D eigenvalue weighted by molar-refractivity contribution is 0.102. The van der Waals surface area contributed by atoms with Gasteiger partial charge in [-0.3, -0.25) is 4.79 Å². The summed E-state index contributed by atoms with van der Waals surface area (Å²) < 4.78 is 11.1. The Bertz CT molecular complexity index is 912. The zero-order valence-electron chi connectivity index (χ0n) is 15.5. The van der Waals surface area contributed by atoms with Crippen molar-refractivity contribution in [2.24, 2.45) is 0 Å². The summed E-state index contributed by atoms with van der Waals surface area (Å²) in [6.07, 6.45) is 0.938. The molecule has 1 amide bonds. The van der Waals surface area contributed by atoms with Gasteiger partial charge in [0.25, 0.3) is 5.91 Å². The quantitative estimate of drug-likeness (QED) is 0.631. The van der Waals surface area contributed by atoms with Crippen LogP contribution in [0.3, 0.4) is 0 Å². The number of amides is 1.